The first kappa shape index (κ1) is 21.6. The molecule has 5 rings (SSSR count). The molecule has 0 radical (unpaired) electrons. The van der Waals surface area contributed by atoms with Gasteiger partial charge in [0, 0.05) is 40.8 Å². The lowest BCUT2D eigenvalue weighted by Crippen LogP contribution is -2.13. The SMILES string of the molecule is Cc1cc([C@@H](C)Nc2cccnc2-c2cccnc2)c2oc(-c3ccccc3)c(C)c(=O)c2c1. The number of anilines is 1. The molecule has 3 heterocycles. The van der Waals surface area contributed by atoms with Crippen molar-refractivity contribution >= 4 is 16.7 Å². The average molecular weight is 448 g/mol. The molecule has 0 aliphatic heterocycles. The van der Waals surface area contributed by atoms with Crippen molar-refractivity contribution in [1.82, 2.24) is 9.97 Å². The van der Waals surface area contributed by atoms with Gasteiger partial charge in [0.25, 0.3) is 0 Å². The zero-order valence-corrected chi connectivity index (χ0v) is 19.4. The molecule has 3 aromatic heterocycles. The highest BCUT2D eigenvalue weighted by atomic mass is 16.3. The van der Waals surface area contributed by atoms with E-state index >= 15 is 0 Å². The molecule has 2 aromatic carbocycles. The fraction of sp³-hybridized carbons (Fsp3) is 0.138. The summed E-state index contributed by atoms with van der Waals surface area (Å²) in [5.74, 6) is 0.604. The van der Waals surface area contributed by atoms with Gasteiger partial charge in [-0.15, -0.1) is 0 Å². The predicted molar refractivity (Wildman–Crippen MR) is 137 cm³/mol. The Balaban J connectivity index is 1.64. The second-order valence-electron chi connectivity index (χ2n) is 8.49. The average Bonchev–Trinajstić information content (AvgIpc) is 2.87. The lowest BCUT2D eigenvalue weighted by molar-refractivity contribution is 0.605. The first-order valence-electron chi connectivity index (χ1n) is 11.3. The summed E-state index contributed by atoms with van der Waals surface area (Å²) in [6, 6.07) is 21.4. The first-order chi connectivity index (χ1) is 16.5. The van der Waals surface area contributed by atoms with Crippen LogP contribution < -0.4 is 10.7 Å². The summed E-state index contributed by atoms with van der Waals surface area (Å²) in [6.07, 6.45) is 5.32. The molecular weight excluding hydrogens is 422 g/mol. The number of benzene rings is 2. The molecule has 5 heteroatoms. The second-order valence-corrected chi connectivity index (χ2v) is 8.49. The minimum Gasteiger partial charge on any atom is -0.455 e. The third-order valence-corrected chi connectivity index (χ3v) is 6.01. The van der Waals surface area contributed by atoms with Crippen LogP contribution in [0.15, 0.2) is 94.5 Å². The van der Waals surface area contributed by atoms with Crippen molar-refractivity contribution in [2.75, 3.05) is 5.32 Å². The Morgan fingerprint density at radius 3 is 2.44 bits per heavy atom. The topological polar surface area (TPSA) is 68.0 Å². The highest BCUT2D eigenvalue weighted by Gasteiger charge is 2.19. The summed E-state index contributed by atoms with van der Waals surface area (Å²) >= 11 is 0. The monoisotopic (exact) mass is 447 g/mol. The van der Waals surface area contributed by atoms with Crippen LogP contribution in [0.2, 0.25) is 0 Å². The van der Waals surface area contributed by atoms with Crippen LogP contribution in [0.25, 0.3) is 33.6 Å². The summed E-state index contributed by atoms with van der Waals surface area (Å²) in [4.78, 5) is 22.2. The molecule has 0 amide bonds. The standard InChI is InChI=1S/C29H25N3O2/c1-18-15-23(20(3)32-25-12-8-14-31-26(25)22-11-7-13-30-17-22)29-24(16-18)27(33)19(2)28(34-29)21-9-5-4-6-10-21/h4-17,20,32H,1-3H3/t20-/m1/s1. The first-order valence-corrected chi connectivity index (χ1v) is 11.3. The number of nitrogens with one attached hydrogen (secondary N) is 1. The molecule has 0 saturated heterocycles. The molecule has 5 nitrogen and oxygen atoms in total. The molecule has 34 heavy (non-hydrogen) atoms. The maximum Gasteiger partial charge on any atom is 0.196 e. The fourth-order valence-corrected chi connectivity index (χ4v) is 4.32. The normalized spacial score (nSPS) is 12.0. The third kappa shape index (κ3) is 3.97. The van der Waals surface area contributed by atoms with Crippen LogP contribution in [0.3, 0.4) is 0 Å². The van der Waals surface area contributed by atoms with Gasteiger partial charge in [-0.05, 0) is 56.7 Å². The van der Waals surface area contributed by atoms with Gasteiger partial charge in [0.15, 0.2) is 5.43 Å². The van der Waals surface area contributed by atoms with Crippen LogP contribution in [0.5, 0.6) is 0 Å². The highest BCUT2D eigenvalue weighted by Crippen LogP contribution is 2.33. The number of rotatable bonds is 5. The molecule has 0 fully saturated rings. The van der Waals surface area contributed by atoms with Gasteiger partial charge < -0.3 is 9.73 Å². The molecule has 5 aromatic rings. The molecule has 0 saturated carbocycles. The molecule has 0 spiro atoms. The maximum atomic E-state index is 13.3. The van der Waals surface area contributed by atoms with E-state index in [-0.39, 0.29) is 11.5 Å². The quantitative estimate of drug-likeness (QED) is 0.324. The molecular formula is C29H25N3O2. The van der Waals surface area contributed by atoms with E-state index in [2.05, 4.69) is 28.3 Å². The van der Waals surface area contributed by atoms with Crippen LogP contribution in [0.4, 0.5) is 5.69 Å². The van der Waals surface area contributed by atoms with Crippen LogP contribution >= 0.6 is 0 Å². The number of pyridine rings is 2. The molecule has 0 aliphatic rings. The van der Waals surface area contributed by atoms with Crippen molar-refractivity contribution in [1.29, 1.82) is 0 Å². The van der Waals surface area contributed by atoms with Gasteiger partial charge >= 0.3 is 0 Å². The van der Waals surface area contributed by atoms with E-state index in [1.165, 1.54) is 0 Å². The Kier molecular flexibility index (Phi) is 5.68. The van der Waals surface area contributed by atoms with Gasteiger partial charge in [-0.1, -0.05) is 36.4 Å². The number of aryl methyl sites for hydroxylation is 1. The number of aromatic nitrogens is 2. The Morgan fingerprint density at radius 2 is 1.68 bits per heavy atom. The maximum absolute atomic E-state index is 13.3. The largest absolute Gasteiger partial charge is 0.455 e. The van der Waals surface area contributed by atoms with Gasteiger partial charge in [-0.25, -0.2) is 0 Å². The molecule has 0 aliphatic carbocycles. The van der Waals surface area contributed by atoms with Gasteiger partial charge in [0.1, 0.15) is 11.3 Å². The van der Waals surface area contributed by atoms with Crippen LogP contribution in [0, 0.1) is 13.8 Å². The van der Waals surface area contributed by atoms with E-state index in [9.17, 15) is 4.79 Å². The summed E-state index contributed by atoms with van der Waals surface area (Å²) in [5, 5.41) is 4.18. The van der Waals surface area contributed by atoms with Crippen LogP contribution in [0.1, 0.15) is 29.7 Å². The van der Waals surface area contributed by atoms with Crippen molar-refractivity contribution in [3.8, 4) is 22.6 Å². The molecule has 1 atom stereocenters. The van der Waals surface area contributed by atoms with Crippen molar-refractivity contribution < 1.29 is 4.42 Å². The lowest BCUT2D eigenvalue weighted by Gasteiger charge is -2.20. The smallest absolute Gasteiger partial charge is 0.196 e. The van der Waals surface area contributed by atoms with E-state index < -0.39 is 0 Å². The summed E-state index contributed by atoms with van der Waals surface area (Å²) in [6.45, 7) is 5.89. The minimum absolute atomic E-state index is 0.00493. The number of nitrogens with zero attached hydrogens (tertiary/aromatic N) is 2. The zero-order chi connectivity index (χ0) is 23.7. The molecule has 168 valence electrons. The highest BCUT2D eigenvalue weighted by molar-refractivity contribution is 5.85. The zero-order valence-electron chi connectivity index (χ0n) is 19.4. The number of hydrogen-bond acceptors (Lipinski definition) is 5. The predicted octanol–water partition coefficient (Wildman–Crippen LogP) is 6.71. The van der Waals surface area contributed by atoms with Crippen molar-refractivity contribution in [2.45, 2.75) is 26.8 Å². The van der Waals surface area contributed by atoms with E-state index in [1.807, 2.05) is 74.5 Å². The molecule has 0 bridgehead atoms. The van der Waals surface area contributed by atoms with E-state index in [1.54, 1.807) is 18.6 Å². The lowest BCUT2D eigenvalue weighted by atomic mass is 9.98. The summed E-state index contributed by atoms with van der Waals surface area (Å²) in [7, 11) is 0. The van der Waals surface area contributed by atoms with Gasteiger partial charge in [-0.3, -0.25) is 14.8 Å². The molecule has 1 N–H and O–H groups in total. The van der Waals surface area contributed by atoms with Crippen molar-refractivity contribution in [3.63, 3.8) is 0 Å². The van der Waals surface area contributed by atoms with Gasteiger partial charge in [-0.2, -0.15) is 0 Å². The van der Waals surface area contributed by atoms with Crippen LogP contribution in [-0.2, 0) is 0 Å². The Bertz CT molecular complexity index is 1530. The third-order valence-electron chi connectivity index (χ3n) is 6.01. The van der Waals surface area contributed by atoms with E-state index in [0.29, 0.717) is 22.3 Å². The van der Waals surface area contributed by atoms with Crippen molar-refractivity contribution in [3.05, 3.63) is 112 Å². The number of fused-ring (bicyclic) bond motifs is 1. The second kappa shape index (κ2) is 8.94. The van der Waals surface area contributed by atoms with Gasteiger partial charge in [0.2, 0.25) is 0 Å². The number of hydrogen-bond donors (Lipinski definition) is 1. The Labute approximate surface area is 198 Å². The van der Waals surface area contributed by atoms with Crippen molar-refractivity contribution in [2.24, 2.45) is 0 Å². The Morgan fingerprint density at radius 1 is 0.912 bits per heavy atom. The van der Waals surface area contributed by atoms with Crippen LogP contribution in [-0.4, -0.2) is 9.97 Å². The Hall–Kier alpha value is -4.25. The fourth-order valence-electron chi connectivity index (χ4n) is 4.32. The summed E-state index contributed by atoms with van der Waals surface area (Å²) < 4.78 is 6.45. The van der Waals surface area contributed by atoms with E-state index in [4.69, 9.17) is 4.42 Å². The van der Waals surface area contributed by atoms with E-state index in [0.717, 1.165) is 33.6 Å². The minimum atomic E-state index is -0.142. The van der Waals surface area contributed by atoms with Gasteiger partial charge in [0.05, 0.1) is 22.8 Å². The molecule has 0 unspecified atom stereocenters. The summed E-state index contributed by atoms with van der Waals surface area (Å²) in [5.41, 5.74) is 6.66.